The molecule has 0 saturated heterocycles. The van der Waals surface area contributed by atoms with Crippen LogP contribution in [0.3, 0.4) is 0 Å². The van der Waals surface area contributed by atoms with Gasteiger partial charge >= 0.3 is 6.09 Å². The Labute approximate surface area is 228 Å². The molecule has 1 fully saturated rings. The van der Waals surface area contributed by atoms with Crippen molar-refractivity contribution in [2.45, 2.75) is 70.7 Å². The highest BCUT2D eigenvalue weighted by molar-refractivity contribution is 7.90. The van der Waals surface area contributed by atoms with Crippen LogP contribution < -0.4 is 16.2 Å². The zero-order valence-electron chi connectivity index (χ0n) is 22.6. The summed E-state index contributed by atoms with van der Waals surface area (Å²) in [4.78, 5) is 32.7. The fourth-order valence-electron chi connectivity index (χ4n) is 5.31. The van der Waals surface area contributed by atoms with Gasteiger partial charge in [0.1, 0.15) is 5.52 Å². The standard InChI is InChI=1S/C27H36N6O5S/c1-17-5-11-20(12-6-17)39(37,38)33-14-13-21-25(33)28-16-22(29-21)31-32-23(34)15-18-7-9-19(10-8-18)24(27(2,3)4)30-26(35)36/h5-6,11-14,16,18-19,24,30H,7-10,15H2,1-4H3,(H,29,31)(H,32,34)(H,35,36)/t18-,19-,24?. The lowest BCUT2D eigenvalue weighted by atomic mass is 9.70. The van der Waals surface area contributed by atoms with Crippen LogP contribution in [0.5, 0.6) is 0 Å². The SMILES string of the molecule is Cc1ccc(S(=O)(=O)n2ccc3nc(NNC(=O)C[C@H]4CC[C@H](C(NC(=O)O)C(C)(C)C)CC4)cnc32)cc1. The van der Waals surface area contributed by atoms with Gasteiger partial charge in [0.2, 0.25) is 5.91 Å². The zero-order chi connectivity index (χ0) is 28.4. The summed E-state index contributed by atoms with van der Waals surface area (Å²) < 4.78 is 27.2. The Morgan fingerprint density at radius 3 is 2.38 bits per heavy atom. The first-order valence-electron chi connectivity index (χ1n) is 13.1. The van der Waals surface area contributed by atoms with Gasteiger partial charge in [0.15, 0.2) is 11.5 Å². The van der Waals surface area contributed by atoms with Crippen LogP contribution in [-0.4, -0.2) is 45.5 Å². The third-order valence-corrected chi connectivity index (χ3v) is 8.99. The molecule has 0 bridgehead atoms. The highest BCUT2D eigenvalue weighted by atomic mass is 32.2. The van der Waals surface area contributed by atoms with E-state index in [1.807, 2.05) is 27.7 Å². The van der Waals surface area contributed by atoms with E-state index in [4.69, 9.17) is 0 Å². The summed E-state index contributed by atoms with van der Waals surface area (Å²) in [7, 11) is -3.83. The van der Waals surface area contributed by atoms with Crippen LogP contribution >= 0.6 is 0 Å². The van der Waals surface area contributed by atoms with Crippen molar-refractivity contribution in [3.63, 3.8) is 0 Å². The molecule has 12 heteroatoms. The first-order chi connectivity index (χ1) is 18.3. The molecule has 39 heavy (non-hydrogen) atoms. The number of carbonyl (C=O) groups is 2. The van der Waals surface area contributed by atoms with Gasteiger partial charge in [0.05, 0.1) is 11.1 Å². The van der Waals surface area contributed by atoms with Crippen molar-refractivity contribution >= 4 is 39.0 Å². The number of nitrogens with zero attached hydrogens (tertiary/aromatic N) is 3. The molecule has 2 aromatic heterocycles. The van der Waals surface area contributed by atoms with Crippen molar-refractivity contribution in [1.29, 1.82) is 0 Å². The molecular formula is C27H36N6O5S. The second-order valence-corrected chi connectivity index (χ2v) is 13.2. The number of aromatic nitrogens is 3. The quantitative estimate of drug-likeness (QED) is 0.299. The Hall–Kier alpha value is -3.67. The second kappa shape index (κ2) is 11.2. The van der Waals surface area contributed by atoms with Crippen molar-refractivity contribution in [1.82, 2.24) is 24.7 Å². The summed E-state index contributed by atoms with van der Waals surface area (Å²) in [6.45, 7) is 8.00. The van der Waals surface area contributed by atoms with E-state index in [0.29, 0.717) is 11.9 Å². The molecule has 1 saturated carbocycles. The molecule has 1 aliphatic carbocycles. The van der Waals surface area contributed by atoms with Gasteiger partial charge in [-0.3, -0.25) is 15.6 Å². The fraction of sp³-hybridized carbons (Fsp3) is 0.481. The Kier molecular flexibility index (Phi) is 8.15. The van der Waals surface area contributed by atoms with Crippen molar-refractivity contribution in [3.8, 4) is 0 Å². The van der Waals surface area contributed by atoms with Crippen LogP contribution in [0.1, 0.15) is 58.4 Å². The summed E-state index contributed by atoms with van der Waals surface area (Å²) in [5.41, 5.74) is 6.76. The second-order valence-electron chi connectivity index (χ2n) is 11.3. The molecule has 4 rings (SSSR count). The Morgan fingerprint density at radius 2 is 1.77 bits per heavy atom. The molecule has 0 radical (unpaired) electrons. The average Bonchev–Trinajstić information content (AvgIpc) is 3.30. The van der Waals surface area contributed by atoms with Gasteiger partial charge < -0.3 is 10.4 Å². The molecule has 0 spiro atoms. The maximum atomic E-state index is 13.1. The molecule has 11 nitrogen and oxygen atoms in total. The number of anilines is 1. The van der Waals surface area contributed by atoms with Gasteiger partial charge in [-0.15, -0.1) is 0 Å². The fourth-order valence-corrected chi connectivity index (χ4v) is 6.61. The zero-order valence-corrected chi connectivity index (χ0v) is 23.5. The van der Waals surface area contributed by atoms with Crippen molar-refractivity contribution < 1.29 is 23.1 Å². The highest BCUT2D eigenvalue weighted by Crippen LogP contribution is 2.38. The molecule has 210 valence electrons. The Morgan fingerprint density at radius 1 is 1.10 bits per heavy atom. The van der Waals surface area contributed by atoms with Gasteiger partial charge in [0.25, 0.3) is 10.0 Å². The van der Waals surface area contributed by atoms with Crippen LogP contribution in [0.2, 0.25) is 0 Å². The maximum Gasteiger partial charge on any atom is 0.404 e. The number of nitrogens with one attached hydrogen (secondary N) is 3. The van der Waals surface area contributed by atoms with Gasteiger partial charge in [-0.05, 0) is 68.1 Å². The van der Waals surface area contributed by atoms with Gasteiger partial charge in [-0.2, -0.15) is 0 Å². The number of benzene rings is 1. The summed E-state index contributed by atoms with van der Waals surface area (Å²) in [5, 5.41) is 11.9. The van der Waals surface area contributed by atoms with E-state index in [9.17, 15) is 23.1 Å². The topological polar surface area (TPSA) is 155 Å². The summed E-state index contributed by atoms with van der Waals surface area (Å²) in [5.74, 6) is 0.555. The van der Waals surface area contributed by atoms with E-state index in [-0.39, 0.29) is 45.6 Å². The molecule has 2 amide bonds. The third-order valence-electron chi connectivity index (χ3n) is 7.31. The molecule has 1 aromatic carbocycles. The molecule has 2 heterocycles. The smallest absolute Gasteiger partial charge is 0.404 e. The molecule has 1 atom stereocenters. The number of rotatable bonds is 8. The number of amides is 2. The number of hydrogen-bond donors (Lipinski definition) is 4. The van der Waals surface area contributed by atoms with Gasteiger partial charge in [-0.25, -0.2) is 27.2 Å². The van der Waals surface area contributed by atoms with E-state index < -0.39 is 16.1 Å². The first-order valence-corrected chi connectivity index (χ1v) is 14.5. The number of carboxylic acid groups (broad SMARTS) is 1. The van der Waals surface area contributed by atoms with Crippen molar-refractivity contribution in [2.75, 3.05) is 5.43 Å². The van der Waals surface area contributed by atoms with Crippen molar-refractivity contribution in [3.05, 3.63) is 48.3 Å². The molecule has 1 unspecified atom stereocenters. The number of aryl methyl sites for hydroxylation is 1. The van der Waals surface area contributed by atoms with Crippen LogP contribution in [0.4, 0.5) is 10.6 Å². The predicted molar refractivity (Wildman–Crippen MR) is 148 cm³/mol. The Balaban J connectivity index is 1.32. The minimum absolute atomic E-state index is 0.137. The summed E-state index contributed by atoms with van der Waals surface area (Å²) >= 11 is 0. The number of fused-ring (bicyclic) bond motifs is 1. The van der Waals surface area contributed by atoms with Crippen molar-refractivity contribution in [2.24, 2.45) is 17.3 Å². The van der Waals surface area contributed by atoms with E-state index in [1.165, 1.54) is 12.4 Å². The van der Waals surface area contributed by atoms with Crippen LogP contribution in [0, 0.1) is 24.2 Å². The first kappa shape index (κ1) is 28.3. The number of hydrogen-bond acceptors (Lipinski definition) is 7. The minimum atomic E-state index is -3.83. The molecular weight excluding hydrogens is 520 g/mol. The van der Waals surface area contributed by atoms with Crippen LogP contribution in [-0.2, 0) is 14.8 Å². The van der Waals surface area contributed by atoms with E-state index >= 15 is 0 Å². The minimum Gasteiger partial charge on any atom is -0.465 e. The predicted octanol–water partition coefficient (Wildman–Crippen LogP) is 4.30. The summed E-state index contributed by atoms with van der Waals surface area (Å²) in [6, 6.07) is 8.00. The normalized spacial score (nSPS) is 18.9. The lowest BCUT2D eigenvalue weighted by Crippen LogP contribution is -2.49. The maximum absolute atomic E-state index is 13.1. The van der Waals surface area contributed by atoms with E-state index in [1.54, 1.807) is 30.3 Å². The van der Waals surface area contributed by atoms with E-state index in [0.717, 1.165) is 35.2 Å². The third kappa shape index (κ3) is 6.67. The summed E-state index contributed by atoms with van der Waals surface area (Å²) in [6.07, 6.45) is 5.53. The lowest BCUT2D eigenvalue weighted by molar-refractivity contribution is -0.121. The van der Waals surface area contributed by atoms with Crippen LogP contribution in [0.15, 0.2) is 47.6 Å². The Bertz CT molecular complexity index is 1440. The number of carbonyl (C=O) groups excluding carboxylic acids is 1. The molecule has 0 aliphatic heterocycles. The highest BCUT2D eigenvalue weighted by Gasteiger charge is 2.36. The van der Waals surface area contributed by atoms with Gasteiger partial charge in [-0.1, -0.05) is 38.5 Å². The monoisotopic (exact) mass is 556 g/mol. The number of hydrazine groups is 1. The van der Waals surface area contributed by atoms with Gasteiger partial charge in [0, 0.05) is 18.7 Å². The molecule has 4 N–H and O–H groups in total. The molecule has 1 aliphatic rings. The molecule has 3 aromatic rings. The van der Waals surface area contributed by atoms with Crippen LogP contribution in [0.25, 0.3) is 11.2 Å². The lowest BCUT2D eigenvalue weighted by Gasteiger charge is -2.40. The largest absolute Gasteiger partial charge is 0.465 e. The average molecular weight is 557 g/mol. The van der Waals surface area contributed by atoms with E-state index in [2.05, 4.69) is 26.1 Å².